The Bertz CT molecular complexity index is 295. The topological polar surface area (TPSA) is 21.3 Å². The van der Waals surface area contributed by atoms with Crippen molar-refractivity contribution >= 4 is 0 Å². The molecule has 2 nitrogen and oxygen atoms in total. The van der Waals surface area contributed by atoms with Crippen LogP contribution < -0.4 is 5.32 Å². The average molecular weight is 249 g/mol. The molecule has 1 aromatic rings. The van der Waals surface area contributed by atoms with Gasteiger partial charge in [-0.05, 0) is 17.4 Å². The average Bonchev–Trinajstić information content (AvgIpc) is 2.43. The fraction of sp³-hybridized carbons (Fsp3) is 0.625. The Labute approximate surface area is 112 Å². The summed E-state index contributed by atoms with van der Waals surface area (Å²) in [5.41, 5.74) is 1.45. The monoisotopic (exact) mass is 249 g/mol. The summed E-state index contributed by atoms with van der Waals surface area (Å²) in [6.07, 6.45) is 2.48. The van der Waals surface area contributed by atoms with E-state index in [4.69, 9.17) is 4.74 Å². The third-order valence-electron chi connectivity index (χ3n) is 3.69. The van der Waals surface area contributed by atoms with Crippen molar-refractivity contribution < 1.29 is 4.74 Å². The second-order valence-corrected chi connectivity index (χ2v) is 4.79. The van der Waals surface area contributed by atoms with Gasteiger partial charge in [0.25, 0.3) is 0 Å². The summed E-state index contributed by atoms with van der Waals surface area (Å²) in [4.78, 5) is 0. The molecule has 0 aliphatic heterocycles. The van der Waals surface area contributed by atoms with Gasteiger partial charge in [0.1, 0.15) is 0 Å². The summed E-state index contributed by atoms with van der Waals surface area (Å²) in [6.45, 7) is 7.34. The van der Waals surface area contributed by atoms with Crippen LogP contribution in [0.3, 0.4) is 0 Å². The molecule has 1 aromatic carbocycles. The van der Waals surface area contributed by atoms with E-state index in [2.05, 4.69) is 49.5 Å². The lowest BCUT2D eigenvalue weighted by Gasteiger charge is -2.26. The second kappa shape index (κ2) is 9.12. The lowest BCUT2D eigenvalue weighted by atomic mass is 9.82. The van der Waals surface area contributed by atoms with Gasteiger partial charge in [-0.1, -0.05) is 57.0 Å². The van der Waals surface area contributed by atoms with Crippen molar-refractivity contribution in [2.24, 2.45) is 5.92 Å². The molecule has 102 valence electrons. The molecule has 0 radical (unpaired) electrons. The molecule has 18 heavy (non-hydrogen) atoms. The van der Waals surface area contributed by atoms with Gasteiger partial charge in [-0.2, -0.15) is 0 Å². The van der Waals surface area contributed by atoms with Gasteiger partial charge in [-0.15, -0.1) is 0 Å². The molecule has 1 rings (SSSR count). The molecule has 0 aliphatic rings. The van der Waals surface area contributed by atoms with Gasteiger partial charge in [0.2, 0.25) is 0 Å². The molecule has 0 amide bonds. The van der Waals surface area contributed by atoms with Crippen LogP contribution in [0, 0.1) is 5.92 Å². The van der Waals surface area contributed by atoms with Gasteiger partial charge in [0.15, 0.2) is 0 Å². The highest BCUT2D eigenvalue weighted by molar-refractivity contribution is 5.20. The van der Waals surface area contributed by atoms with E-state index >= 15 is 0 Å². The van der Waals surface area contributed by atoms with E-state index in [9.17, 15) is 0 Å². The molecule has 0 bridgehead atoms. The fourth-order valence-electron chi connectivity index (χ4n) is 2.55. The number of hydrogen-bond acceptors (Lipinski definition) is 2. The molecule has 0 aliphatic carbocycles. The highest BCUT2D eigenvalue weighted by Crippen LogP contribution is 2.28. The summed E-state index contributed by atoms with van der Waals surface area (Å²) < 4.78 is 5.08. The zero-order valence-electron chi connectivity index (χ0n) is 12.0. The maximum Gasteiger partial charge on any atom is 0.0587 e. The fourth-order valence-corrected chi connectivity index (χ4v) is 2.55. The lowest BCUT2D eigenvalue weighted by Crippen LogP contribution is -2.28. The minimum Gasteiger partial charge on any atom is -0.383 e. The molecule has 0 spiro atoms. The van der Waals surface area contributed by atoms with Crippen LogP contribution in [0.1, 0.15) is 38.2 Å². The minimum atomic E-state index is 0.609. The first-order valence-electron chi connectivity index (χ1n) is 7.08. The molecule has 0 fully saturated rings. The molecule has 2 heteroatoms. The highest BCUT2D eigenvalue weighted by Gasteiger charge is 2.19. The van der Waals surface area contributed by atoms with E-state index in [1.165, 1.54) is 18.4 Å². The van der Waals surface area contributed by atoms with Gasteiger partial charge in [-0.25, -0.2) is 0 Å². The smallest absolute Gasteiger partial charge is 0.0587 e. The Morgan fingerprint density at radius 1 is 1.11 bits per heavy atom. The Balaban J connectivity index is 2.63. The number of ether oxygens (including phenoxy) is 1. The van der Waals surface area contributed by atoms with Gasteiger partial charge in [0, 0.05) is 20.2 Å². The molecule has 0 aromatic heterocycles. The third kappa shape index (κ3) is 4.79. The second-order valence-electron chi connectivity index (χ2n) is 4.79. The van der Waals surface area contributed by atoms with Crippen LogP contribution in [0.25, 0.3) is 0 Å². The molecule has 1 atom stereocenters. The van der Waals surface area contributed by atoms with Crippen molar-refractivity contribution in [2.45, 2.75) is 32.6 Å². The predicted octanol–water partition coefficient (Wildman–Crippen LogP) is 3.44. The first-order chi connectivity index (χ1) is 8.83. The number of methoxy groups -OCH3 is 1. The summed E-state index contributed by atoms with van der Waals surface area (Å²) in [7, 11) is 1.75. The van der Waals surface area contributed by atoms with Crippen molar-refractivity contribution in [1.29, 1.82) is 0 Å². The van der Waals surface area contributed by atoms with Gasteiger partial charge in [0.05, 0.1) is 6.61 Å². The Morgan fingerprint density at radius 2 is 1.78 bits per heavy atom. The normalized spacial score (nSPS) is 12.9. The van der Waals surface area contributed by atoms with Crippen LogP contribution in [0.5, 0.6) is 0 Å². The lowest BCUT2D eigenvalue weighted by molar-refractivity contribution is 0.197. The Kier molecular flexibility index (Phi) is 7.70. The molecule has 0 saturated carbocycles. The maximum absolute atomic E-state index is 5.08. The van der Waals surface area contributed by atoms with E-state index in [0.717, 1.165) is 25.6 Å². The van der Waals surface area contributed by atoms with Gasteiger partial charge < -0.3 is 10.1 Å². The van der Waals surface area contributed by atoms with Crippen LogP contribution in [0.4, 0.5) is 0 Å². The highest BCUT2D eigenvalue weighted by atomic mass is 16.5. The van der Waals surface area contributed by atoms with Crippen molar-refractivity contribution in [3.8, 4) is 0 Å². The minimum absolute atomic E-state index is 0.609. The Morgan fingerprint density at radius 3 is 2.33 bits per heavy atom. The third-order valence-corrected chi connectivity index (χ3v) is 3.69. The SMILES string of the molecule is CCC(CC)C(CNCCOC)c1ccccc1. The summed E-state index contributed by atoms with van der Waals surface area (Å²) >= 11 is 0. The van der Waals surface area contributed by atoms with Crippen molar-refractivity contribution in [3.63, 3.8) is 0 Å². The van der Waals surface area contributed by atoms with Crippen LogP contribution in [-0.2, 0) is 4.74 Å². The summed E-state index contributed by atoms with van der Waals surface area (Å²) in [5.74, 6) is 1.36. The first-order valence-corrected chi connectivity index (χ1v) is 7.08. The quantitative estimate of drug-likeness (QED) is 0.677. The van der Waals surface area contributed by atoms with E-state index in [0.29, 0.717) is 5.92 Å². The van der Waals surface area contributed by atoms with Crippen molar-refractivity contribution in [1.82, 2.24) is 5.32 Å². The van der Waals surface area contributed by atoms with Crippen molar-refractivity contribution in [2.75, 3.05) is 26.8 Å². The van der Waals surface area contributed by atoms with E-state index < -0.39 is 0 Å². The standard InChI is InChI=1S/C16H27NO/c1-4-14(5-2)16(13-17-11-12-18-3)15-9-7-6-8-10-15/h6-10,14,16-17H,4-5,11-13H2,1-3H3. The van der Waals surface area contributed by atoms with Gasteiger partial charge >= 0.3 is 0 Å². The summed E-state index contributed by atoms with van der Waals surface area (Å²) in [5, 5.41) is 3.51. The molecule has 0 saturated heterocycles. The van der Waals surface area contributed by atoms with Crippen LogP contribution in [0.2, 0.25) is 0 Å². The van der Waals surface area contributed by atoms with E-state index in [1.807, 2.05) is 0 Å². The van der Waals surface area contributed by atoms with Crippen LogP contribution in [0.15, 0.2) is 30.3 Å². The Hall–Kier alpha value is -0.860. The van der Waals surface area contributed by atoms with E-state index in [1.54, 1.807) is 7.11 Å². The van der Waals surface area contributed by atoms with Crippen LogP contribution >= 0.6 is 0 Å². The molecule has 1 N–H and O–H groups in total. The zero-order valence-corrected chi connectivity index (χ0v) is 12.0. The largest absolute Gasteiger partial charge is 0.383 e. The number of benzene rings is 1. The number of rotatable bonds is 9. The van der Waals surface area contributed by atoms with Crippen molar-refractivity contribution in [3.05, 3.63) is 35.9 Å². The number of nitrogens with one attached hydrogen (secondary N) is 1. The molecule has 0 heterocycles. The number of hydrogen-bond donors (Lipinski definition) is 1. The van der Waals surface area contributed by atoms with Crippen LogP contribution in [-0.4, -0.2) is 26.8 Å². The first kappa shape index (κ1) is 15.2. The molecular formula is C16H27NO. The maximum atomic E-state index is 5.08. The predicted molar refractivity (Wildman–Crippen MR) is 78.0 cm³/mol. The summed E-state index contributed by atoms with van der Waals surface area (Å²) in [6, 6.07) is 10.9. The van der Waals surface area contributed by atoms with Gasteiger partial charge in [-0.3, -0.25) is 0 Å². The zero-order chi connectivity index (χ0) is 13.2. The van der Waals surface area contributed by atoms with E-state index in [-0.39, 0.29) is 0 Å². The molecule has 1 unspecified atom stereocenters. The molecular weight excluding hydrogens is 222 g/mol.